The summed E-state index contributed by atoms with van der Waals surface area (Å²) in [6.45, 7) is 3.31. The number of thiol groups is 1. The molecule has 0 unspecified atom stereocenters. The zero-order chi connectivity index (χ0) is 14.6. The molecule has 1 rings (SSSR count). The van der Waals surface area contributed by atoms with Gasteiger partial charge in [-0.1, -0.05) is 13.0 Å². The molecule has 0 atom stereocenters. The Kier molecular flexibility index (Phi) is 11.7. The molecule has 1 aromatic rings. The lowest BCUT2D eigenvalue weighted by Crippen LogP contribution is -2.31. The van der Waals surface area contributed by atoms with Crippen LogP contribution in [0.3, 0.4) is 0 Å². The Morgan fingerprint density at radius 3 is 1.72 bits per heavy atom. The third-order valence-electron chi connectivity index (χ3n) is 1.26. The third kappa shape index (κ3) is 29.4. The summed E-state index contributed by atoms with van der Waals surface area (Å²) in [5.41, 5.74) is 0. The van der Waals surface area contributed by atoms with Crippen molar-refractivity contribution >= 4 is 18.2 Å². The van der Waals surface area contributed by atoms with Crippen LogP contribution in [0.4, 0.5) is 17.3 Å². The molecule has 10 heteroatoms. The Labute approximate surface area is 104 Å². The first-order chi connectivity index (χ1) is 8.16. The molecule has 0 aliphatic carbocycles. The molecular weight excluding hydrogens is 277 g/mol. The van der Waals surface area contributed by atoms with Gasteiger partial charge < -0.3 is 17.3 Å². The van der Waals surface area contributed by atoms with Gasteiger partial charge in [-0.2, -0.15) is 0 Å². The lowest BCUT2D eigenvalue weighted by atomic mass is 10.3. The number of aryl methyl sites for hydroxylation is 1. The first-order valence-electron chi connectivity index (χ1n) is 4.81. The monoisotopic (exact) mass is 291 g/mol. The Balaban J connectivity index is 0. The summed E-state index contributed by atoms with van der Waals surface area (Å²) in [6, 6.07) is 6.14. The summed E-state index contributed by atoms with van der Waals surface area (Å²) in [5, 5.41) is 0. The molecule has 1 heterocycles. The molecule has 0 spiro atoms. The number of rotatable bonds is 2. The highest BCUT2D eigenvalue weighted by Crippen LogP contribution is 2.06. The number of aromatic nitrogens is 1. The second-order valence-electron chi connectivity index (χ2n) is 2.85. The SMILES string of the molecule is CCC[n+]1ccccc1.F[B-](F)(F)F.O=[SH](=O)O. The Hall–Kier alpha value is -1.16. The van der Waals surface area contributed by atoms with Crippen LogP contribution in [-0.2, 0) is 17.5 Å². The largest absolute Gasteiger partial charge is 0.673 e. The normalized spacial score (nSPS) is 9.94. The van der Waals surface area contributed by atoms with Gasteiger partial charge in [-0.3, -0.25) is 4.55 Å². The van der Waals surface area contributed by atoms with E-state index >= 15 is 0 Å². The van der Waals surface area contributed by atoms with E-state index in [1.165, 1.54) is 6.42 Å². The van der Waals surface area contributed by atoms with Crippen molar-refractivity contribution in [3.8, 4) is 0 Å². The van der Waals surface area contributed by atoms with E-state index in [1.54, 1.807) is 0 Å². The standard InChI is InChI=1S/C8H12N.BF4.H2O3S/c1-2-6-9-7-4-3-5-8-9;2-1(3,4)5;1-4(2)3/h3-5,7-8H,2,6H2,1H3;;4H,(H,1,2,3)/q+1;-1;. The minimum absolute atomic E-state index is 1.13. The van der Waals surface area contributed by atoms with Crippen LogP contribution < -0.4 is 4.57 Å². The zero-order valence-corrected chi connectivity index (χ0v) is 10.4. The average Bonchev–Trinajstić information content (AvgIpc) is 2.16. The van der Waals surface area contributed by atoms with Gasteiger partial charge in [0.05, 0.1) is 0 Å². The molecule has 0 radical (unpaired) electrons. The molecule has 0 saturated carbocycles. The van der Waals surface area contributed by atoms with Gasteiger partial charge in [-0.15, -0.1) is 0 Å². The van der Waals surface area contributed by atoms with E-state index in [4.69, 9.17) is 13.0 Å². The highest BCUT2D eigenvalue weighted by atomic mass is 32.2. The summed E-state index contributed by atoms with van der Waals surface area (Å²) < 4.78 is 65.4. The fourth-order valence-corrected chi connectivity index (χ4v) is 0.842. The first-order valence-corrected chi connectivity index (χ1v) is 5.94. The van der Waals surface area contributed by atoms with Crippen LogP contribution in [0.25, 0.3) is 0 Å². The van der Waals surface area contributed by atoms with Crippen LogP contribution in [-0.4, -0.2) is 20.2 Å². The maximum absolute atomic E-state index is 9.75. The van der Waals surface area contributed by atoms with Crippen LogP contribution in [0.15, 0.2) is 30.6 Å². The molecular formula is C8H14BF4NO3S. The van der Waals surface area contributed by atoms with Crippen molar-refractivity contribution in [2.45, 2.75) is 19.9 Å². The molecule has 106 valence electrons. The molecule has 0 saturated heterocycles. The van der Waals surface area contributed by atoms with Crippen LogP contribution in [0.2, 0.25) is 0 Å². The van der Waals surface area contributed by atoms with Crippen molar-refractivity contribution in [1.82, 2.24) is 0 Å². The van der Waals surface area contributed by atoms with Gasteiger partial charge >= 0.3 is 7.25 Å². The van der Waals surface area contributed by atoms with E-state index in [2.05, 4.69) is 36.0 Å². The lowest BCUT2D eigenvalue weighted by Gasteiger charge is -1.94. The summed E-state index contributed by atoms with van der Waals surface area (Å²) in [4.78, 5) is 0. The van der Waals surface area contributed by atoms with Crippen molar-refractivity contribution < 1.29 is 34.8 Å². The fraction of sp³-hybridized carbons (Fsp3) is 0.375. The molecule has 0 aliphatic heterocycles. The van der Waals surface area contributed by atoms with E-state index in [0.29, 0.717) is 0 Å². The van der Waals surface area contributed by atoms with Crippen molar-refractivity contribution in [2.75, 3.05) is 0 Å². The molecule has 4 nitrogen and oxygen atoms in total. The van der Waals surface area contributed by atoms with E-state index < -0.39 is 18.2 Å². The number of hydrogen-bond donors (Lipinski definition) is 2. The van der Waals surface area contributed by atoms with Crippen molar-refractivity contribution in [3.63, 3.8) is 0 Å². The Bertz CT molecular complexity index is 358. The van der Waals surface area contributed by atoms with E-state index in [9.17, 15) is 17.3 Å². The quantitative estimate of drug-likeness (QED) is 0.287. The number of halogens is 4. The van der Waals surface area contributed by atoms with E-state index in [0.717, 1.165) is 6.54 Å². The number of nitrogens with zero attached hydrogens (tertiary/aromatic N) is 1. The summed E-state index contributed by atoms with van der Waals surface area (Å²) >= 11 is 0. The molecule has 0 fully saturated rings. The average molecular weight is 291 g/mol. The van der Waals surface area contributed by atoms with Gasteiger partial charge in [-0.05, 0) is 0 Å². The fourth-order valence-electron chi connectivity index (χ4n) is 0.842. The minimum atomic E-state index is -6.00. The van der Waals surface area contributed by atoms with E-state index in [1.807, 2.05) is 6.07 Å². The van der Waals surface area contributed by atoms with Gasteiger partial charge in [0.15, 0.2) is 12.4 Å². The van der Waals surface area contributed by atoms with Crippen LogP contribution >= 0.6 is 0 Å². The van der Waals surface area contributed by atoms with E-state index in [-0.39, 0.29) is 0 Å². The lowest BCUT2D eigenvalue weighted by molar-refractivity contribution is -0.697. The summed E-state index contributed by atoms with van der Waals surface area (Å²) in [6.07, 6.45) is 5.38. The predicted molar refractivity (Wildman–Crippen MR) is 60.1 cm³/mol. The smallest absolute Gasteiger partial charge is 0.418 e. The molecule has 0 aromatic carbocycles. The molecule has 1 aromatic heterocycles. The van der Waals surface area contributed by atoms with Gasteiger partial charge in [0, 0.05) is 18.6 Å². The highest BCUT2D eigenvalue weighted by molar-refractivity contribution is 7.66. The highest BCUT2D eigenvalue weighted by Gasteiger charge is 2.20. The molecule has 18 heavy (non-hydrogen) atoms. The van der Waals surface area contributed by atoms with Crippen molar-refractivity contribution in [3.05, 3.63) is 30.6 Å². The topological polar surface area (TPSA) is 58.2 Å². The molecule has 0 bridgehead atoms. The van der Waals surface area contributed by atoms with Gasteiger partial charge in [0.2, 0.25) is 0 Å². The molecule has 1 N–H and O–H groups in total. The molecule has 0 aliphatic rings. The third-order valence-corrected chi connectivity index (χ3v) is 1.26. The van der Waals surface area contributed by atoms with Crippen LogP contribution in [0.5, 0.6) is 0 Å². The summed E-state index contributed by atoms with van der Waals surface area (Å²) in [7, 11) is -9.12. The second kappa shape index (κ2) is 11.0. The Morgan fingerprint density at radius 2 is 1.44 bits per heavy atom. The van der Waals surface area contributed by atoms with Gasteiger partial charge in [0.25, 0.3) is 11.0 Å². The van der Waals surface area contributed by atoms with Crippen LogP contribution in [0, 0.1) is 0 Å². The number of pyridine rings is 1. The maximum atomic E-state index is 9.75. The van der Waals surface area contributed by atoms with Crippen LogP contribution in [0.1, 0.15) is 13.3 Å². The minimum Gasteiger partial charge on any atom is -0.418 e. The summed E-state index contributed by atoms with van der Waals surface area (Å²) in [5.74, 6) is 0. The Morgan fingerprint density at radius 1 is 1.11 bits per heavy atom. The van der Waals surface area contributed by atoms with Gasteiger partial charge in [-0.25, -0.2) is 13.0 Å². The number of hydrogen-bond acceptors (Lipinski definition) is 2. The van der Waals surface area contributed by atoms with Crippen molar-refractivity contribution in [1.29, 1.82) is 0 Å². The van der Waals surface area contributed by atoms with Gasteiger partial charge in [0.1, 0.15) is 6.54 Å². The molecule has 0 amide bonds. The maximum Gasteiger partial charge on any atom is 0.673 e. The van der Waals surface area contributed by atoms with Crippen molar-refractivity contribution in [2.24, 2.45) is 0 Å². The predicted octanol–water partition coefficient (Wildman–Crippen LogP) is 1.75. The second-order valence-corrected chi connectivity index (χ2v) is 3.32. The first kappa shape index (κ1) is 19.2. The zero-order valence-electron chi connectivity index (χ0n) is 9.55.